The number of methoxy groups -OCH3 is 1. The van der Waals surface area contributed by atoms with Crippen LogP contribution in [0.5, 0.6) is 0 Å². The van der Waals surface area contributed by atoms with Crippen molar-refractivity contribution in [2.75, 3.05) is 12.4 Å². The van der Waals surface area contributed by atoms with Gasteiger partial charge in [-0.3, -0.25) is 0 Å². The first-order valence-corrected chi connectivity index (χ1v) is 6.23. The van der Waals surface area contributed by atoms with Gasteiger partial charge in [-0.1, -0.05) is 11.6 Å². The van der Waals surface area contributed by atoms with E-state index in [0.717, 1.165) is 12.1 Å². The minimum absolute atomic E-state index is 0.183. The van der Waals surface area contributed by atoms with Gasteiger partial charge >= 0.3 is 6.18 Å². The average Bonchev–Trinajstić information content (AvgIpc) is 2.38. The molecule has 0 fully saturated rings. The lowest BCUT2D eigenvalue weighted by Gasteiger charge is -2.10. The summed E-state index contributed by atoms with van der Waals surface area (Å²) in [6.45, 7) is 0.183. The van der Waals surface area contributed by atoms with Crippen molar-refractivity contribution in [2.24, 2.45) is 0 Å². The average molecular weight is 318 g/mol. The monoisotopic (exact) mass is 317 g/mol. The van der Waals surface area contributed by atoms with Gasteiger partial charge in [-0.15, -0.1) is 0 Å². The number of anilines is 2. The number of nitrogens with one attached hydrogen (secondary N) is 1. The molecule has 0 saturated carbocycles. The molecule has 4 nitrogen and oxygen atoms in total. The smallest absolute Gasteiger partial charge is 0.377 e. The third-order valence-electron chi connectivity index (χ3n) is 2.50. The molecule has 2 aromatic rings. The highest BCUT2D eigenvalue weighted by molar-refractivity contribution is 6.29. The molecular weight excluding hydrogens is 307 g/mol. The summed E-state index contributed by atoms with van der Waals surface area (Å²) >= 11 is 5.84. The Hall–Kier alpha value is -1.86. The lowest BCUT2D eigenvalue weighted by Crippen LogP contribution is -2.05. The Labute approximate surface area is 123 Å². The number of halogens is 4. The van der Waals surface area contributed by atoms with Crippen LogP contribution in [0.1, 0.15) is 11.4 Å². The molecule has 0 aliphatic rings. The quantitative estimate of drug-likeness (QED) is 0.865. The molecule has 2 rings (SSSR count). The zero-order chi connectivity index (χ0) is 15.5. The van der Waals surface area contributed by atoms with Crippen LogP contribution in [0.4, 0.5) is 24.7 Å². The summed E-state index contributed by atoms with van der Waals surface area (Å²) in [6.07, 6.45) is -4.36. The summed E-state index contributed by atoms with van der Waals surface area (Å²) in [5, 5.41) is 3.08. The SMILES string of the molecule is COCc1nc(Cl)cc(Nc2ccc(C(F)(F)F)cc2)n1. The molecule has 0 saturated heterocycles. The Kier molecular flexibility index (Phi) is 4.64. The molecular formula is C13H11ClF3N3O. The van der Waals surface area contributed by atoms with E-state index in [1.807, 2.05) is 0 Å². The molecule has 0 unspecified atom stereocenters. The molecule has 8 heteroatoms. The van der Waals surface area contributed by atoms with Crippen molar-refractivity contribution >= 4 is 23.1 Å². The molecule has 0 bridgehead atoms. The number of aromatic nitrogens is 2. The number of rotatable bonds is 4. The minimum atomic E-state index is -4.36. The molecule has 1 heterocycles. The van der Waals surface area contributed by atoms with Crippen molar-refractivity contribution in [1.82, 2.24) is 9.97 Å². The molecule has 21 heavy (non-hydrogen) atoms. The van der Waals surface area contributed by atoms with Gasteiger partial charge in [0.1, 0.15) is 17.6 Å². The van der Waals surface area contributed by atoms with Gasteiger partial charge in [0.2, 0.25) is 0 Å². The molecule has 0 spiro atoms. The van der Waals surface area contributed by atoms with Gasteiger partial charge in [0, 0.05) is 18.9 Å². The highest BCUT2D eigenvalue weighted by Crippen LogP contribution is 2.30. The summed E-state index contributed by atoms with van der Waals surface area (Å²) in [6, 6.07) is 6.07. The van der Waals surface area contributed by atoms with Crippen LogP contribution in [0.25, 0.3) is 0 Å². The summed E-state index contributed by atoms with van der Waals surface area (Å²) in [5.74, 6) is 0.751. The second-order valence-corrected chi connectivity index (χ2v) is 4.51. The number of hydrogen-bond donors (Lipinski definition) is 1. The fraction of sp³-hybridized carbons (Fsp3) is 0.231. The van der Waals surface area contributed by atoms with Gasteiger partial charge in [-0.05, 0) is 24.3 Å². The largest absolute Gasteiger partial charge is 0.416 e. The van der Waals surface area contributed by atoms with Crippen LogP contribution in [0.15, 0.2) is 30.3 Å². The van der Waals surface area contributed by atoms with E-state index < -0.39 is 11.7 Å². The second kappa shape index (κ2) is 6.28. The Balaban J connectivity index is 2.18. The standard InChI is InChI=1S/C13H11ClF3N3O/c1-21-7-12-19-10(14)6-11(20-12)18-9-4-2-8(3-5-9)13(15,16)17/h2-6H,7H2,1H3,(H,18,19,20). The highest BCUT2D eigenvalue weighted by Gasteiger charge is 2.29. The molecule has 1 N–H and O–H groups in total. The molecule has 0 aliphatic heterocycles. The molecule has 0 radical (unpaired) electrons. The maximum atomic E-state index is 12.5. The van der Waals surface area contributed by atoms with Crippen molar-refractivity contribution < 1.29 is 17.9 Å². The van der Waals surface area contributed by atoms with Gasteiger partial charge in [-0.2, -0.15) is 13.2 Å². The van der Waals surface area contributed by atoms with E-state index in [9.17, 15) is 13.2 Å². The third kappa shape index (κ3) is 4.30. The first-order valence-electron chi connectivity index (χ1n) is 5.85. The van der Waals surface area contributed by atoms with E-state index in [4.69, 9.17) is 16.3 Å². The van der Waals surface area contributed by atoms with Crippen LogP contribution in [-0.4, -0.2) is 17.1 Å². The van der Waals surface area contributed by atoms with E-state index in [2.05, 4.69) is 15.3 Å². The molecule has 1 aromatic carbocycles. The lowest BCUT2D eigenvalue weighted by molar-refractivity contribution is -0.137. The van der Waals surface area contributed by atoms with Crippen molar-refractivity contribution in [3.8, 4) is 0 Å². The van der Waals surface area contributed by atoms with Crippen molar-refractivity contribution in [3.63, 3.8) is 0 Å². The topological polar surface area (TPSA) is 47.0 Å². The zero-order valence-electron chi connectivity index (χ0n) is 10.9. The van der Waals surface area contributed by atoms with Crippen LogP contribution < -0.4 is 5.32 Å². The Morgan fingerprint density at radius 1 is 1.19 bits per heavy atom. The fourth-order valence-corrected chi connectivity index (χ4v) is 1.81. The Morgan fingerprint density at radius 3 is 2.43 bits per heavy atom. The van der Waals surface area contributed by atoms with Crippen molar-refractivity contribution in [1.29, 1.82) is 0 Å². The van der Waals surface area contributed by atoms with Gasteiger partial charge in [0.15, 0.2) is 5.82 Å². The fourth-order valence-electron chi connectivity index (χ4n) is 1.61. The van der Waals surface area contributed by atoms with Crippen molar-refractivity contribution in [2.45, 2.75) is 12.8 Å². The van der Waals surface area contributed by atoms with E-state index in [1.54, 1.807) is 0 Å². The summed E-state index contributed by atoms with van der Waals surface area (Å²) in [7, 11) is 1.49. The predicted octanol–water partition coefficient (Wildman–Crippen LogP) is 4.04. The summed E-state index contributed by atoms with van der Waals surface area (Å²) in [4.78, 5) is 8.09. The van der Waals surface area contributed by atoms with Crippen molar-refractivity contribution in [3.05, 3.63) is 46.9 Å². The van der Waals surface area contributed by atoms with E-state index >= 15 is 0 Å². The molecule has 1 aromatic heterocycles. The number of ether oxygens (including phenoxy) is 1. The van der Waals surface area contributed by atoms with Gasteiger partial charge in [-0.25, -0.2) is 9.97 Å². The summed E-state index contributed by atoms with van der Waals surface area (Å²) < 4.78 is 42.3. The Morgan fingerprint density at radius 2 is 1.86 bits per heavy atom. The first-order chi connectivity index (χ1) is 9.88. The van der Waals surface area contributed by atoms with Crippen LogP contribution in [0, 0.1) is 0 Å². The predicted molar refractivity (Wildman–Crippen MR) is 72.5 cm³/mol. The van der Waals surface area contributed by atoms with Gasteiger partial charge in [0.25, 0.3) is 0 Å². The van der Waals surface area contributed by atoms with E-state index in [0.29, 0.717) is 17.3 Å². The Bertz CT molecular complexity index is 617. The second-order valence-electron chi connectivity index (χ2n) is 4.13. The van der Waals surface area contributed by atoms with Crippen LogP contribution in [-0.2, 0) is 17.5 Å². The number of alkyl halides is 3. The minimum Gasteiger partial charge on any atom is -0.377 e. The third-order valence-corrected chi connectivity index (χ3v) is 2.69. The number of benzene rings is 1. The lowest BCUT2D eigenvalue weighted by atomic mass is 10.2. The normalized spacial score (nSPS) is 11.5. The van der Waals surface area contributed by atoms with E-state index in [-0.39, 0.29) is 11.8 Å². The number of hydrogen-bond acceptors (Lipinski definition) is 4. The highest BCUT2D eigenvalue weighted by atomic mass is 35.5. The zero-order valence-corrected chi connectivity index (χ0v) is 11.7. The molecule has 112 valence electrons. The number of nitrogens with zero attached hydrogens (tertiary/aromatic N) is 2. The van der Waals surface area contributed by atoms with Gasteiger partial charge in [0.05, 0.1) is 5.56 Å². The maximum Gasteiger partial charge on any atom is 0.416 e. The first kappa shape index (κ1) is 15.5. The van der Waals surface area contributed by atoms with Crippen LogP contribution in [0.3, 0.4) is 0 Å². The van der Waals surface area contributed by atoms with Gasteiger partial charge < -0.3 is 10.1 Å². The molecule has 0 atom stereocenters. The van der Waals surface area contributed by atoms with E-state index in [1.165, 1.54) is 25.3 Å². The summed E-state index contributed by atoms with van der Waals surface area (Å²) in [5.41, 5.74) is -0.255. The van der Waals surface area contributed by atoms with Crippen LogP contribution in [0.2, 0.25) is 5.15 Å². The molecule has 0 amide bonds. The maximum absolute atomic E-state index is 12.5. The van der Waals surface area contributed by atoms with Crippen LogP contribution >= 0.6 is 11.6 Å². The molecule has 0 aliphatic carbocycles.